The van der Waals surface area contributed by atoms with Crippen LogP contribution in [-0.2, 0) is 14.8 Å². The largest absolute Gasteiger partial charge is 0.399 e. The van der Waals surface area contributed by atoms with E-state index in [1.165, 1.54) is 6.07 Å². The molecule has 0 spiro atoms. The van der Waals surface area contributed by atoms with Crippen LogP contribution in [0.1, 0.15) is 0 Å². The Labute approximate surface area is 117 Å². The van der Waals surface area contributed by atoms with Gasteiger partial charge in [-0.25, -0.2) is 17.5 Å². The Morgan fingerprint density at radius 3 is 2.90 bits per heavy atom. The fraction of sp³-hybridized carbons (Fsp3) is 0.500. The first kappa shape index (κ1) is 15.2. The number of nitrogens with two attached hydrogens (primary N) is 1. The van der Waals surface area contributed by atoms with Gasteiger partial charge in [0.25, 0.3) is 0 Å². The zero-order valence-corrected chi connectivity index (χ0v) is 12.0. The van der Waals surface area contributed by atoms with Crippen molar-refractivity contribution in [3.63, 3.8) is 0 Å². The molecular formula is C12H18FN3O3S. The van der Waals surface area contributed by atoms with Crippen LogP contribution in [0.4, 0.5) is 10.1 Å². The third kappa shape index (κ3) is 3.89. The number of benzene rings is 1. The van der Waals surface area contributed by atoms with Crippen LogP contribution in [0.25, 0.3) is 0 Å². The number of nitrogens with zero attached hydrogens (tertiary/aromatic N) is 1. The van der Waals surface area contributed by atoms with Gasteiger partial charge in [-0.05, 0) is 25.2 Å². The van der Waals surface area contributed by atoms with Crippen molar-refractivity contribution in [3.05, 3.63) is 24.0 Å². The number of ether oxygens (including phenoxy) is 1. The second-order valence-corrected chi connectivity index (χ2v) is 6.59. The first-order valence-corrected chi connectivity index (χ1v) is 7.71. The van der Waals surface area contributed by atoms with Crippen molar-refractivity contribution in [1.29, 1.82) is 0 Å². The average molecular weight is 303 g/mol. The van der Waals surface area contributed by atoms with Crippen molar-refractivity contribution in [3.8, 4) is 0 Å². The number of anilines is 1. The van der Waals surface area contributed by atoms with E-state index in [0.717, 1.165) is 18.7 Å². The van der Waals surface area contributed by atoms with E-state index in [1.54, 1.807) is 0 Å². The van der Waals surface area contributed by atoms with Gasteiger partial charge in [-0.3, -0.25) is 0 Å². The number of morpholine rings is 1. The monoisotopic (exact) mass is 303 g/mol. The molecule has 0 radical (unpaired) electrons. The molecule has 0 saturated carbocycles. The van der Waals surface area contributed by atoms with E-state index < -0.39 is 15.8 Å². The molecule has 20 heavy (non-hydrogen) atoms. The maximum absolute atomic E-state index is 13.2. The van der Waals surface area contributed by atoms with E-state index in [-0.39, 0.29) is 23.2 Å². The lowest BCUT2D eigenvalue weighted by molar-refractivity contribution is -0.0156. The molecule has 1 aromatic carbocycles. The van der Waals surface area contributed by atoms with Crippen LogP contribution >= 0.6 is 0 Å². The Morgan fingerprint density at radius 1 is 1.50 bits per heavy atom. The standard InChI is InChI=1S/C12H18FN3O3S/c1-16-2-3-19-11(8-16)7-15-20(17,18)12-5-9(13)4-10(14)6-12/h4-6,11,15H,2-3,7-8,14H2,1H3. The molecule has 3 N–H and O–H groups in total. The predicted molar refractivity (Wildman–Crippen MR) is 73.2 cm³/mol. The number of likely N-dealkylation sites (N-methyl/N-ethyl adjacent to an activating group) is 1. The lowest BCUT2D eigenvalue weighted by Crippen LogP contribution is -2.45. The highest BCUT2D eigenvalue weighted by Crippen LogP contribution is 2.16. The van der Waals surface area contributed by atoms with Crippen molar-refractivity contribution in [1.82, 2.24) is 9.62 Å². The molecular weight excluding hydrogens is 285 g/mol. The molecule has 1 heterocycles. The van der Waals surface area contributed by atoms with Crippen LogP contribution in [0.2, 0.25) is 0 Å². The van der Waals surface area contributed by atoms with Gasteiger partial charge in [-0.2, -0.15) is 0 Å². The van der Waals surface area contributed by atoms with Crippen molar-refractivity contribution < 1.29 is 17.5 Å². The van der Waals surface area contributed by atoms with Crippen LogP contribution in [0.5, 0.6) is 0 Å². The van der Waals surface area contributed by atoms with Gasteiger partial charge >= 0.3 is 0 Å². The van der Waals surface area contributed by atoms with Crippen LogP contribution in [0, 0.1) is 5.82 Å². The summed E-state index contributed by atoms with van der Waals surface area (Å²) in [6, 6.07) is 3.23. The maximum Gasteiger partial charge on any atom is 0.240 e. The highest BCUT2D eigenvalue weighted by molar-refractivity contribution is 7.89. The zero-order valence-electron chi connectivity index (χ0n) is 11.2. The Kier molecular flexibility index (Phi) is 4.59. The third-order valence-electron chi connectivity index (χ3n) is 3.05. The molecule has 6 nitrogen and oxygen atoms in total. The second kappa shape index (κ2) is 6.04. The van der Waals surface area contributed by atoms with Crippen molar-refractivity contribution in [2.75, 3.05) is 39.0 Å². The number of sulfonamides is 1. The highest BCUT2D eigenvalue weighted by Gasteiger charge is 2.21. The van der Waals surface area contributed by atoms with Crippen LogP contribution < -0.4 is 10.5 Å². The predicted octanol–water partition coefficient (Wildman–Crippen LogP) is 0.0168. The second-order valence-electron chi connectivity index (χ2n) is 4.83. The van der Waals surface area contributed by atoms with E-state index in [4.69, 9.17) is 10.5 Å². The first-order chi connectivity index (χ1) is 9.37. The average Bonchev–Trinajstić information content (AvgIpc) is 2.35. The molecule has 1 aromatic rings. The quantitative estimate of drug-likeness (QED) is 0.766. The Balaban J connectivity index is 2.03. The highest BCUT2D eigenvalue weighted by atomic mass is 32.2. The smallest absolute Gasteiger partial charge is 0.240 e. The van der Waals surface area contributed by atoms with Gasteiger partial charge in [0, 0.05) is 25.3 Å². The molecule has 1 saturated heterocycles. The van der Waals surface area contributed by atoms with Gasteiger partial charge in [0.05, 0.1) is 17.6 Å². The summed E-state index contributed by atoms with van der Waals surface area (Å²) in [6.07, 6.45) is -0.213. The summed E-state index contributed by atoms with van der Waals surface area (Å²) in [6.45, 7) is 2.18. The summed E-state index contributed by atoms with van der Waals surface area (Å²) in [5.41, 5.74) is 5.52. The van der Waals surface area contributed by atoms with E-state index in [0.29, 0.717) is 13.2 Å². The van der Waals surface area contributed by atoms with Gasteiger partial charge < -0.3 is 15.4 Å². The van der Waals surface area contributed by atoms with Gasteiger partial charge in [-0.15, -0.1) is 0 Å². The topological polar surface area (TPSA) is 84.7 Å². The molecule has 0 aliphatic carbocycles. The van der Waals surface area contributed by atoms with E-state index >= 15 is 0 Å². The number of hydrogen-bond acceptors (Lipinski definition) is 5. The molecule has 1 aliphatic rings. The number of nitrogen functional groups attached to an aromatic ring is 1. The SMILES string of the molecule is CN1CCOC(CNS(=O)(=O)c2cc(N)cc(F)c2)C1. The molecule has 0 amide bonds. The summed E-state index contributed by atoms with van der Waals surface area (Å²) in [5.74, 6) is -0.681. The van der Waals surface area contributed by atoms with Gasteiger partial charge in [0.1, 0.15) is 5.82 Å². The van der Waals surface area contributed by atoms with Crippen LogP contribution in [0.3, 0.4) is 0 Å². The molecule has 0 bridgehead atoms. The van der Waals surface area contributed by atoms with Crippen LogP contribution in [0.15, 0.2) is 23.1 Å². The van der Waals surface area contributed by atoms with E-state index in [2.05, 4.69) is 9.62 Å². The number of rotatable bonds is 4. The molecule has 1 aliphatic heterocycles. The summed E-state index contributed by atoms with van der Waals surface area (Å²) >= 11 is 0. The zero-order chi connectivity index (χ0) is 14.8. The molecule has 1 atom stereocenters. The molecule has 8 heteroatoms. The minimum Gasteiger partial charge on any atom is -0.399 e. The molecule has 2 rings (SSSR count). The van der Waals surface area contributed by atoms with Crippen molar-refractivity contribution in [2.45, 2.75) is 11.0 Å². The summed E-state index contributed by atoms with van der Waals surface area (Å²) in [5, 5.41) is 0. The molecule has 1 unspecified atom stereocenters. The van der Waals surface area contributed by atoms with Gasteiger partial charge in [0.2, 0.25) is 10.0 Å². The molecule has 1 fully saturated rings. The Bertz CT molecular complexity index is 559. The Morgan fingerprint density at radius 2 is 2.25 bits per heavy atom. The minimum absolute atomic E-state index is 0.0685. The van der Waals surface area contributed by atoms with Gasteiger partial charge in [0.15, 0.2) is 0 Å². The minimum atomic E-state index is -3.79. The van der Waals surface area contributed by atoms with Crippen molar-refractivity contribution >= 4 is 15.7 Å². The summed E-state index contributed by atoms with van der Waals surface area (Å²) in [4.78, 5) is 1.88. The first-order valence-electron chi connectivity index (χ1n) is 6.23. The summed E-state index contributed by atoms with van der Waals surface area (Å²) < 4.78 is 45.2. The van der Waals surface area contributed by atoms with Gasteiger partial charge in [-0.1, -0.05) is 0 Å². The Hall–Kier alpha value is -1.22. The molecule has 0 aromatic heterocycles. The van der Waals surface area contributed by atoms with Crippen LogP contribution in [-0.4, -0.2) is 52.7 Å². The lowest BCUT2D eigenvalue weighted by atomic mass is 10.3. The lowest BCUT2D eigenvalue weighted by Gasteiger charge is -2.30. The number of nitrogens with one attached hydrogen (secondary N) is 1. The third-order valence-corrected chi connectivity index (χ3v) is 4.45. The van der Waals surface area contributed by atoms with E-state index in [1.807, 2.05) is 7.05 Å². The normalized spacial score (nSPS) is 21.0. The van der Waals surface area contributed by atoms with Crippen molar-refractivity contribution in [2.24, 2.45) is 0 Å². The fourth-order valence-electron chi connectivity index (χ4n) is 2.02. The number of hydrogen-bond donors (Lipinski definition) is 2. The maximum atomic E-state index is 13.2. The number of halogens is 1. The summed E-state index contributed by atoms with van der Waals surface area (Å²) in [7, 11) is -1.85. The molecule has 112 valence electrons. The fourth-order valence-corrected chi connectivity index (χ4v) is 3.15. The van der Waals surface area contributed by atoms with E-state index in [9.17, 15) is 12.8 Å².